The highest BCUT2D eigenvalue weighted by molar-refractivity contribution is 7.71. The van der Waals surface area contributed by atoms with Gasteiger partial charge in [0.2, 0.25) is 0 Å². The molecule has 5 heteroatoms. The Morgan fingerprint density at radius 3 is 2.78 bits per heavy atom. The van der Waals surface area contributed by atoms with Gasteiger partial charge in [-0.15, -0.1) is 11.3 Å². The molecule has 0 amide bonds. The largest absolute Gasteiger partial charge is 0.497 e. The van der Waals surface area contributed by atoms with Gasteiger partial charge in [-0.2, -0.15) is 0 Å². The minimum atomic E-state index is 0.729. The van der Waals surface area contributed by atoms with Crippen LogP contribution in [0.2, 0.25) is 0 Å². The van der Waals surface area contributed by atoms with Crippen molar-refractivity contribution < 1.29 is 4.74 Å². The molecule has 0 unspecified atom stereocenters. The number of ether oxygens (including phenoxy) is 1. The van der Waals surface area contributed by atoms with Gasteiger partial charge in [0, 0.05) is 10.9 Å². The van der Waals surface area contributed by atoms with Crippen LogP contribution < -0.4 is 4.74 Å². The molecule has 18 heavy (non-hydrogen) atoms. The highest BCUT2D eigenvalue weighted by Gasteiger charge is 2.08. The second-order valence-electron chi connectivity index (χ2n) is 3.79. The first-order chi connectivity index (χ1) is 8.79. The maximum atomic E-state index is 5.33. The zero-order chi connectivity index (χ0) is 12.5. The average molecular weight is 274 g/mol. The normalized spacial score (nSPS) is 10.7. The van der Waals surface area contributed by atoms with Crippen LogP contribution in [0.3, 0.4) is 0 Å². The smallest absolute Gasteiger partial charge is 0.128 e. The molecule has 2 heterocycles. The fraction of sp³-hybridized carbons (Fsp3) is 0.0769. The third-order valence-electron chi connectivity index (χ3n) is 2.78. The SMILES string of the molecule is COc1ccc(-c2csc3nc[nH]c(=S)c23)cc1. The van der Waals surface area contributed by atoms with E-state index in [1.54, 1.807) is 24.8 Å². The second kappa shape index (κ2) is 4.51. The lowest BCUT2D eigenvalue weighted by Crippen LogP contribution is -1.83. The third-order valence-corrected chi connectivity index (χ3v) is 3.99. The molecule has 1 aromatic carbocycles. The number of hydrogen-bond donors (Lipinski definition) is 1. The quantitative estimate of drug-likeness (QED) is 0.717. The molecule has 0 aliphatic heterocycles. The van der Waals surface area contributed by atoms with Crippen LogP contribution in [0, 0.1) is 4.64 Å². The number of thiophene rings is 1. The summed E-state index contributed by atoms with van der Waals surface area (Å²) >= 11 is 6.93. The molecular formula is C13H10N2OS2. The van der Waals surface area contributed by atoms with Crippen molar-refractivity contribution in [3.63, 3.8) is 0 Å². The van der Waals surface area contributed by atoms with Crippen LogP contribution in [0.5, 0.6) is 5.75 Å². The van der Waals surface area contributed by atoms with Gasteiger partial charge in [-0.05, 0) is 17.7 Å². The van der Waals surface area contributed by atoms with Crippen LogP contribution in [0.15, 0.2) is 36.0 Å². The molecule has 0 saturated carbocycles. The molecule has 1 N–H and O–H groups in total. The maximum absolute atomic E-state index is 5.33. The van der Waals surface area contributed by atoms with E-state index >= 15 is 0 Å². The van der Waals surface area contributed by atoms with E-state index in [0.717, 1.165) is 31.7 Å². The van der Waals surface area contributed by atoms with Gasteiger partial charge < -0.3 is 9.72 Å². The highest BCUT2D eigenvalue weighted by Crippen LogP contribution is 2.33. The van der Waals surface area contributed by atoms with Crippen molar-refractivity contribution >= 4 is 33.8 Å². The first-order valence-electron chi connectivity index (χ1n) is 5.39. The molecule has 0 radical (unpaired) electrons. The molecule has 3 aromatic rings. The summed E-state index contributed by atoms with van der Waals surface area (Å²) in [5, 5.41) is 3.10. The Morgan fingerprint density at radius 2 is 2.06 bits per heavy atom. The standard InChI is InChI=1S/C13H10N2OS2/c1-16-9-4-2-8(3-5-9)10-6-18-13-11(10)12(17)14-7-15-13/h2-7H,1H3,(H,14,15,17). The summed E-state index contributed by atoms with van der Waals surface area (Å²) in [6, 6.07) is 7.95. The van der Waals surface area contributed by atoms with Gasteiger partial charge in [0.25, 0.3) is 0 Å². The van der Waals surface area contributed by atoms with Crippen LogP contribution in [-0.2, 0) is 0 Å². The van der Waals surface area contributed by atoms with Crippen LogP contribution in [-0.4, -0.2) is 17.1 Å². The predicted molar refractivity (Wildman–Crippen MR) is 76.8 cm³/mol. The van der Waals surface area contributed by atoms with E-state index in [1.165, 1.54) is 0 Å². The number of benzene rings is 1. The Kier molecular flexibility index (Phi) is 2.85. The Labute approximate surface area is 113 Å². The van der Waals surface area contributed by atoms with Gasteiger partial charge in [-0.25, -0.2) is 4.98 Å². The van der Waals surface area contributed by atoms with Gasteiger partial charge in [0.1, 0.15) is 15.2 Å². The minimum absolute atomic E-state index is 0.729. The van der Waals surface area contributed by atoms with Gasteiger partial charge in [-0.1, -0.05) is 24.4 Å². The van der Waals surface area contributed by atoms with Crippen LogP contribution in [0.4, 0.5) is 0 Å². The lowest BCUT2D eigenvalue weighted by molar-refractivity contribution is 0.415. The van der Waals surface area contributed by atoms with E-state index in [0.29, 0.717) is 0 Å². The number of nitrogens with one attached hydrogen (secondary N) is 1. The molecule has 0 spiro atoms. The lowest BCUT2D eigenvalue weighted by atomic mass is 10.1. The first kappa shape index (κ1) is 11.4. The Balaban J connectivity index is 2.22. The molecule has 3 nitrogen and oxygen atoms in total. The first-order valence-corrected chi connectivity index (χ1v) is 6.67. The van der Waals surface area contributed by atoms with Gasteiger partial charge in [0.15, 0.2) is 0 Å². The summed E-state index contributed by atoms with van der Waals surface area (Å²) in [5.74, 6) is 0.849. The topological polar surface area (TPSA) is 37.9 Å². The summed E-state index contributed by atoms with van der Waals surface area (Å²) in [5.41, 5.74) is 2.24. The fourth-order valence-corrected chi connectivity index (χ4v) is 3.12. The van der Waals surface area contributed by atoms with Gasteiger partial charge in [-0.3, -0.25) is 0 Å². The highest BCUT2D eigenvalue weighted by atomic mass is 32.1. The van der Waals surface area contributed by atoms with E-state index < -0.39 is 0 Å². The molecular weight excluding hydrogens is 264 g/mol. The molecule has 0 saturated heterocycles. The van der Waals surface area contributed by atoms with E-state index in [1.807, 2.05) is 24.3 Å². The molecule has 3 rings (SSSR count). The van der Waals surface area contributed by atoms with Crippen LogP contribution in [0.25, 0.3) is 21.3 Å². The van der Waals surface area contributed by atoms with Crippen molar-refractivity contribution in [2.24, 2.45) is 0 Å². The maximum Gasteiger partial charge on any atom is 0.128 e. The molecule has 0 aliphatic carbocycles. The van der Waals surface area contributed by atoms with Crippen LogP contribution in [0.1, 0.15) is 0 Å². The number of hydrogen-bond acceptors (Lipinski definition) is 4. The minimum Gasteiger partial charge on any atom is -0.497 e. The number of nitrogens with zero attached hydrogens (tertiary/aromatic N) is 1. The fourth-order valence-electron chi connectivity index (χ4n) is 1.87. The summed E-state index contributed by atoms with van der Waals surface area (Å²) in [6.07, 6.45) is 1.64. The van der Waals surface area contributed by atoms with Crippen molar-refractivity contribution in [1.82, 2.24) is 9.97 Å². The zero-order valence-corrected chi connectivity index (χ0v) is 11.3. The van der Waals surface area contributed by atoms with E-state index in [-0.39, 0.29) is 0 Å². The predicted octanol–water partition coefficient (Wildman–Crippen LogP) is 4.03. The Morgan fingerprint density at radius 1 is 1.28 bits per heavy atom. The summed E-state index contributed by atoms with van der Waals surface area (Å²) in [6.45, 7) is 0. The Bertz CT molecular complexity index is 744. The van der Waals surface area contributed by atoms with Crippen molar-refractivity contribution in [3.05, 3.63) is 40.6 Å². The van der Waals surface area contributed by atoms with E-state index in [2.05, 4.69) is 15.3 Å². The lowest BCUT2D eigenvalue weighted by Gasteiger charge is -2.02. The number of methoxy groups -OCH3 is 1. The van der Waals surface area contributed by atoms with Crippen molar-refractivity contribution in [1.29, 1.82) is 0 Å². The summed E-state index contributed by atoms with van der Waals surface area (Å²) in [4.78, 5) is 8.23. The third kappa shape index (κ3) is 1.81. The van der Waals surface area contributed by atoms with Gasteiger partial charge in [0.05, 0.1) is 18.8 Å². The number of aromatic nitrogens is 2. The average Bonchev–Trinajstić information content (AvgIpc) is 2.84. The number of H-pyrrole nitrogens is 1. The molecule has 0 atom stereocenters. The second-order valence-corrected chi connectivity index (χ2v) is 5.06. The molecule has 90 valence electrons. The molecule has 0 fully saturated rings. The van der Waals surface area contributed by atoms with Crippen molar-refractivity contribution in [3.8, 4) is 16.9 Å². The summed E-state index contributed by atoms with van der Waals surface area (Å²) in [7, 11) is 1.66. The Hall–Kier alpha value is -1.72. The van der Waals surface area contributed by atoms with Crippen molar-refractivity contribution in [2.75, 3.05) is 7.11 Å². The van der Waals surface area contributed by atoms with Crippen LogP contribution >= 0.6 is 23.6 Å². The summed E-state index contributed by atoms with van der Waals surface area (Å²) < 4.78 is 5.89. The van der Waals surface area contributed by atoms with E-state index in [4.69, 9.17) is 17.0 Å². The number of fused-ring (bicyclic) bond motifs is 1. The van der Waals surface area contributed by atoms with E-state index in [9.17, 15) is 0 Å². The monoisotopic (exact) mass is 274 g/mol. The van der Waals surface area contributed by atoms with Gasteiger partial charge >= 0.3 is 0 Å². The van der Waals surface area contributed by atoms with Crippen molar-refractivity contribution in [2.45, 2.75) is 0 Å². The molecule has 0 aliphatic rings. The number of rotatable bonds is 2. The zero-order valence-electron chi connectivity index (χ0n) is 9.64. The number of aromatic amines is 1. The molecule has 2 aromatic heterocycles. The molecule has 0 bridgehead atoms.